The van der Waals surface area contributed by atoms with E-state index < -0.39 is 10.1 Å². The molecule has 0 spiro atoms. The van der Waals surface area contributed by atoms with Gasteiger partial charge in [0.05, 0.1) is 4.90 Å². The standard InChI is InChI=1S/C24H36O3S.Na/c1-2-3-4-5-6-7-8-9-10-11-12-13-16-21-17-14-19-23-22(21)18-15-20-24(23)28(25,26)27;/h14-15,17-20H,2-13,16H2,1H3,(H,25,26,27);/q;+1/p-1. The molecule has 0 aliphatic carbocycles. The van der Waals surface area contributed by atoms with E-state index in [2.05, 4.69) is 6.92 Å². The Bertz CT molecular complexity index is 818. The number of fused-ring (bicyclic) bond motifs is 1. The van der Waals surface area contributed by atoms with Gasteiger partial charge in [0.15, 0.2) is 0 Å². The first-order chi connectivity index (χ1) is 13.5. The van der Waals surface area contributed by atoms with Crippen LogP contribution in [-0.4, -0.2) is 13.0 Å². The quantitative estimate of drug-likeness (QED) is 0.261. The van der Waals surface area contributed by atoms with Crippen molar-refractivity contribution in [3.05, 3.63) is 42.0 Å². The Balaban J connectivity index is 0.00000420. The first-order valence-corrected chi connectivity index (χ1v) is 12.4. The molecule has 29 heavy (non-hydrogen) atoms. The summed E-state index contributed by atoms with van der Waals surface area (Å²) in [6, 6.07) is 10.6. The first-order valence-electron chi connectivity index (χ1n) is 11.0. The third-order valence-corrected chi connectivity index (χ3v) is 6.44. The van der Waals surface area contributed by atoms with Crippen LogP contribution in [0.3, 0.4) is 0 Å². The van der Waals surface area contributed by atoms with Crippen LogP contribution in [0.15, 0.2) is 41.3 Å². The molecule has 156 valence electrons. The minimum atomic E-state index is -4.44. The van der Waals surface area contributed by atoms with Crippen molar-refractivity contribution in [2.24, 2.45) is 0 Å². The molecule has 0 amide bonds. The molecule has 0 bridgehead atoms. The topological polar surface area (TPSA) is 57.2 Å². The molecule has 0 aliphatic heterocycles. The zero-order valence-electron chi connectivity index (χ0n) is 18.3. The molecule has 2 aromatic carbocycles. The van der Waals surface area contributed by atoms with Crippen molar-refractivity contribution in [3.63, 3.8) is 0 Å². The second-order valence-corrected chi connectivity index (χ2v) is 9.21. The third-order valence-electron chi connectivity index (χ3n) is 5.54. The Hall–Kier alpha value is -0.390. The predicted molar refractivity (Wildman–Crippen MR) is 117 cm³/mol. The third kappa shape index (κ3) is 9.52. The molecule has 0 aromatic heterocycles. The van der Waals surface area contributed by atoms with Gasteiger partial charge in [-0.2, -0.15) is 0 Å². The summed E-state index contributed by atoms with van der Waals surface area (Å²) in [5.41, 5.74) is 1.13. The summed E-state index contributed by atoms with van der Waals surface area (Å²) < 4.78 is 34.4. The summed E-state index contributed by atoms with van der Waals surface area (Å²) in [6.07, 6.45) is 16.8. The molecule has 5 heteroatoms. The molecule has 0 N–H and O–H groups in total. The van der Waals surface area contributed by atoms with E-state index in [0.717, 1.165) is 23.8 Å². The summed E-state index contributed by atoms with van der Waals surface area (Å²) in [6.45, 7) is 2.26. The van der Waals surface area contributed by atoms with Gasteiger partial charge in [0, 0.05) is 0 Å². The van der Waals surface area contributed by atoms with Crippen molar-refractivity contribution in [2.75, 3.05) is 0 Å². The molecule has 2 aromatic rings. The maximum absolute atomic E-state index is 11.5. The summed E-state index contributed by atoms with van der Waals surface area (Å²) in [5.74, 6) is 0. The normalized spacial score (nSPS) is 11.5. The number of hydrogen-bond donors (Lipinski definition) is 0. The van der Waals surface area contributed by atoms with E-state index in [1.165, 1.54) is 76.7 Å². The number of rotatable bonds is 14. The molecule has 2 rings (SSSR count). The SMILES string of the molecule is CCCCCCCCCCCCCCc1cccc2c(S(=O)(=O)[O-])cccc12.[Na+]. The van der Waals surface area contributed by atoms with Crippen molar-refractivity contribution >= 4 is 20.9 Å². The number of unbranched alkanes of at least 4 members (excludes halogenated alkanes) is 11. The van der Waals surface area contributed by atoms with Gasteiger partial charge in [-0.25, -0.2) is 8.42 Å². The average Bonchev–Trinajstić information content (AvgIpc) is 2.67. The van der Waals surface area contributed by atoms with Crippen LogP contribution >= 0.6 is 0 Å². The molecular formula is C24H35NaO3S. The maximum Gasteiger partial charge on any atom is 1.00 e. The van der Waals surface area contributed by atoms with Gasteiger partial charge >= 0.3 is 29.6 Å². The Morgan fingerprint density at radius 2 is 1.17 bits per heavy atom. The van der Waals surface area contributed by atoms with E-state index in [4.69, 9.17) is 0 Å². The number of hydrogen-bond acceptors (Lipinski definition) is 3. The molecule has 0 saturated heterocycles. The van der Waals surface area contributed by atoms with Gasteiger partial charge in [0.2, 0.25) is 0 Å². The van der Waals surface area contributed by atoms with Gasteiger partial charge < -0.3 is 4.55 Å². The number of aryl methyl sites for hydroxylation is 1. The van der Waals surface area contributed by atoms with Crippen molar-refractivity contribution in [2.45, 2.75) is 95.3 Å². The second kappa shape index (κ2) is 14.6. The molecule has 0 fully saturated rings. The van der Waals surface area contributed by atoms with Gasteiger partial charge in [-0.1, -0.05) is 108 Å². The Morgan fingerprint density at radius 3 is 1.72 bits per heavy atom. The first kappa shape index (κ1) is 26.6. The van der Waals surface area contributed by atoms with Crippen LogP contribution in [0.4, 0.5) is 0 Å². The molecule has 0 radical (unpaired) electrons. The molecule has 0 saturated carbocycles. The predicted octanol–water partition coefficient (Wildman–Crippen LogP) is 3.99. The van der Waals surface area contributed by atoms with Crippen LogP contribution in [0.1, 0.15) is 89.5 Å². The van der Waals surface area contributed by atoms with E-state index in [9.17, 15) is 13.0 Å². The fourth-order valence-corrected chi connectivity index (χ4v) is 4.63. The van der Waals surface area contributed by atoms with Crippen LogP contribution < -0.4 is 29.6 Å². The zero-order valence-corrected chi connectivity index (χ0v) is 21.1. The average molecular weight is 427 g/mol. The monoisotopic (exact) mass is 426 g/mol. The molecule has 0 aliphatic rings. The van der Waals surface area contributed by atoms with Crippen molar-refractivity contribution in [1.82, 2.24) is 0 Å². The smallest absolute Gasteiger partial charge is 0.744 e. The van der Waals surface area contributed by atoms with Crippen molar-refractivity contribution in [1.29, 1.82) is 0 Å². The van der Waals surface area contributed by atoms with Crippen LogP contribution in [0, 0.1) is 0 Å². The summed E-state index contributed by atoms with van der Waals surface area (Å²) in [4.78, 5) is -0.110. The van der Waals surface area contributed by atoms with E-state index in [1.807, 2.05) is 18.2 Å². The largest absolute Gasteiger partial charge is 1.00 e. The summed E-state index contributed by atoms with van der Waals surface area (Å²) in [7, 11) is -4.44. The Morgan fingerprint density at radius 1 is 0.690 bits per heavy atom. The Labute approximate surface area is 199 Å². The van der Waals surface area contributed by atoms with Gasteiger partial charge in [0.25, 0.3) is 0 Å². The van der Waals surface area contributed by atoms with Crippen molar-refractivity contribution in [3.8, 4) is 0 Å². The fraction of sp³-hybridized carbons (Fsp3) is 0.583. The minimum absolute atomic E-state index is 0. The second-order valence-electron chi connectivity index (χ2n) is 7.86. The Kier molecular flexibility index (Phi) is 13.4. The molecule has 0 unspecified atom stereocenters. The molecule has 3 nitrogen and oxygen atoms in total. The zero-order chi connectivity index (χ0) is 20.2. The van der Waals surface area contributed by atoms with Gasteiger partial charge in [-0.05, 0) is 35.2 Å². The van der Waals surface area contributed by atoms with Crippen molar-refractivity contribution < 1.29 is 42.5 Å². The van der Waals surface area contributed by atoms with E-state index in [1.54, 1.807) is 12.1 Å². The summed E-state index contributed by atoms with van der Waals surface area (Å²) in [5, 5.41) is 1.44. The van der Waals surface area contributed by atoms with Gasteiger partial charge in [-0.3, -0.25) is 0 Å². The van der Waals surface area contributed by atoms with Crippen LogP contribution in [-0.2, 0) is 16.5 Å². The molecule has 0 heterocycles. The van der Waals surface area contributed by atoms with E-state index >= 15 is 0 Å². The van der Waals surface area contributed by atoms with Gasteiger partial charge in [-0.15, -0.1) is 0 Å². The maximum atomic E-state index is 11.5. The van der Waals surface area contributed by atoms with Crippen LogP contribution in [0.2, 0.25) is 0 Å². The fourth-order valence-electron chi connectivity index (χ4n) is 3.94. The number of benzene rings is 2. The summed E-state index contributed by atoms with van der Waals surface area (Å²) >= 11 is 0. The van der Waals surface area contributed by atoms with E-state index in [-0.39, 0.29) is 34.5 Å². The van der Waals surface area contributed by atoms with Crippen LogP contribution in [0.5, 0.6) is 0 Å². The van der Waals surface area contributed by atoms with Crippen LogP contribution in [0.25, 0.3) is 10.8 Å². The molecule has 0 atom stereocenters. The molecular weight excluding hydrogens is 391 g/mol. The van der Waals surface area contributed by atoms with Gasteiger partial charge in [0.1, 0.15) is 10.1 Å². The minimum Gasteiger partial charge on any atom is -0.744 e. The van der Waals surface area contributed by atoms with E-state index in [0.29, 0.717) is 5.39 Å².